The third-order valence-corrected chi connectivity index (χ3v) is 2.79. The van der Waals surface area contributed by atoms with Gasteiger partial charge in [0.25, 0.3) is 0 Å². The standard InChI is InChI=1S/C14H15FN4/c1-10(2)19-9-11(8-18-19)7-17-14-5-3-4-13(15)12(14)6-16/h3-5,8-10,17H,7H2,1-2H3. The SMILES string of the molecule is CC(C)n1cc(CNc2cccc(F)c2C#N)cn1. The molecule has 19 heavy (non-hydrogen) atoms. The molecule has 0 bridgehead atoms. The highest BCUT2D eigenvalue weighted by Gasteiger charge is 2.08. The van der Waals surface area contributed by atoms with Gasteiger partial charge in [0.05, 0.1) is 11.9 Å². The lowest BCUT2D eigenvalue weighted by molar-refractivity contribution is 0.532. The summed E-state index contributed by atoms with van der Waals surface area (Å²) in [7, 11) is 0. The van der Waals surface area contributed by atoms with Gasteiger partial charge in [-0.1, -0.05) is 6.07 Å². The number of nitrogens with zero attached hydrogens (tertiary/aromatic N) is 3. The van der Waals surface area contributed by atoms with Gasteiger partial charge in [-0.25, -0.2) is 4.39 Å². The minimum absolute atomic E-state index is 0.0405. The van der Waals surface area contributed by atoms with E-state index in [1.807, 2.05) is 30.8 Å². The summed E-state index contributed by atoms with van der Waals surface area (Å²) in [5.74, 6) is -0.509. The summed E-state index contributed by atoms with van der Waals surface area (Å²) >= 11 is 0. The maximum Gasteiger partial charge on any atom is 0.143 e. The summed E-state index contributed by atoms with van der Waals surface area (Å²) in [6, 6.07) is 6.72. The van der Waals surface area contributed by atoms with Crippen molar-refractivity contribution in [1.82, 2.24) is 9.78 Å². The number of hydrogen-bond acceptors (Lipinski definition) is 3. The predicted molar refractivity (Wildman–Crippen MR) is 71.1 cm³/mol. The molecule has 4 nitrogen and oxygen atoms in total. The highest BCUT2D eigenvalue weighted by atomic mass is 19.1. The number of nitrogens with one attached hydrogen (secondary N) is 1. The van der Waals surface area contributed by atoms with Crippen molar-refractivity contribution in [2.45, 2.75) is 26.4 Å². The monoisotopic (exact) mass is 258 g/mol. The lowest BCUT2D eigenvalue weighted by Crippen LogP contribution is -2.02. The average molecular weight is 258 g/mol. The summed E-state index contributed by atoms with van der Waals surface area (Å²) in [6.45, 7) is 4.60. The molecule has 0 atom stereocenters. The van der Waals surface area contributed by atoms with Crippen LogP contribution in [0.15, 0.2) is 30.6 Å². The molecule has 2 rings (SSSR count). The van der Waals surface area contributed by atoms with Gasteiger partial charge in [-0.2, -0.15) is 10.4 Å². The highest BCUT2D eigenvalue weighted by molar-refractivity contribution is 5.57. The van der Waals surface area contributed by atoms with Crippen molar-refractivity contribution in [2.75, 3.05) is 5.32 Å². The fourth-order valence-corrected chi connectivity index (χ4v) is 1.73. The molecule has 0 aliphatic carbocycles. The molecule has 1 N–H and O–H groups in total. The highest BCUT2D eigenvalue weighted by Crippen LogP contribution is 2.18. The van der Waals surface area contributed by atoms with Crippen LogP contribution in [-0.4, -0.2) is 9.78 Å². The molecular formula is C14H15FN4. The van der Waals surface area contributed by atoms with Gasteiger partial charge < -0.3 is 5.32 Å². The molecule has 0 unspecified atom stereocenters. The van der Waals surface area contributed by atoms with Crippen molar-refractivity contribution in [2.24, 2.45) is 0 Å². The van der Waals surface area contributed by atoms with Gasteiger partial charge in [0.15, 0.2) is 0 Å². The quantitative estimate of drug-likeness (QED) is 0.916. The second-order valence-corrected chi connectivity index (χ2v) is 4.55. The molecule has 98 valence electrons. The number of hydrogen-bond donors (Lipinski definition) is 1. The molecule has 2 aromatic rings. The smallest absolute Gasteiger partial charge is 0.143 e. The first-order chi connectivity index (χ1) is 9.11. The largest absolute Gasteiger partial charge is 0.380 e. The average Bonchev–Trinajstić information content (AvgIpc) is 2.85. The van der Waals surface area contributed by atoms with Crippen molar-refractivity contribution in [3.63, 3.8) is 0 Å². The van der Waals surface area contributed by atoms with E-state index in [4.69, 9.17) is 5.26 Å². The van der Waals surface area contributed by atoms with Crippen molar-refractivity contribution < 1.29 is 4.39 Å². The zero-order chi connectivity index (χ0) is 13.8. The van der Waals surface area contributed by atoms with Crippen LogP contribution in [0.2, 0.25) is 0 Å². The Labute approximate surface area is 111 Å². The van der Waals surface area contributed by atoms with Crippen LogP contribution in [0.4, 0.5) is 10.1 Å². The molecule has 0 amide bonds. The van der Waals surface area contributed by atoms with E-state index in [-0.39, 0.29) is 5.56 Å². The zero-order valence-corrected chi connectivity index (χ0v) is 10.9. The Balaban J connectivity index is 2.10. The molecule has 0 spiro atoms. The minimum Gasteiger partial charge on any atom is -0.380 e. The van der Waals surface area contributed by atoms with Crippen molar-refractivity contribution in [1.29, 1.82) is 5.26 Å². The van der Waals surface area contributed by atoms with Crippen LogP contribution in [0.25, 0.3) is 0 Å². The summed E-state index contributed by atoms with van der Waals surface area (Å²) in [4.78, 5) is 0. The summed E-state index contributed by atoms with van der Waals surface area (Å²) in [5.41, 5.74) is 1.53. The Morgan fingerprint density at radius 1 is 1.47 bits per heavy atom. The minimum atomic E-state index is -0.509. The van der Waals surface area contributed by atoms with Crippen molar-refractivity contribution >= 4 is 5.69 Å². The Morgan fingerprint density at radius 2 is 2.26 bits per heavy atom. The van der Waals surface area contributed by atoms with Crippen LogP contribution in [-0.2, 0) is 6.54 Å². The fourth-order valence-electron chi connectivity index (χ4n) is 1.73. The summed E-state index contributed by atoms with van der Waals surface area (Å²) in [6.07, 6.45) is 3.70. The number of halogens is 1. The topological polar surface area (TPSA) is 53.6 Å². The first kappa shape index (κ1) is 13.1. The number of anilines is 1. The Bertz CT molecular complexity index is 610. The maximum absolute atomic E-state index is 13.4. The van der Waals surface area contributed by atoms with Crippen LogP contribution in [0.3, 0.4) is 0 Å². The number of rotatable bonds is 4. The third kappa shape index (κ3) is 2.91. The predicted octanol–water partition coefficient (Wildman–Crippen LogP) is 3.09. The molecule has 0 aliphatic rings. The molecule has 0 aliphatic heterocycles. The molecule has 0 saturated heterocycles. The molecule has 1 aromatic carbocycles. The van der Waals surface area contributed by atoms with Gasteiger partial charge >= 0.3 is 0 Å². The van der Waals surface area contributed by atoms with Crippen molar-refractivity contribution in [3.8, 4) is 6.07 Å². The van der Waals surface area contributed by atoms with E-state index in [2.05, 4.69) is 10.4 Å². The van der Waals surface area contributed by atoms with Crippen molar-refractivity contribution in [3.05, 3.63) is 47.5 Å². The molecule has 0 radical (unpaired) electrons. The molecular weight excluding hydrogens is 243 g/mol. The van der Waals surface area contributed by atoms with Gasteiger partial charge in [0.2, 0.25) is 0 Å². The first-order valence-electron chi connectivity index (χ1n) is 6.07. The van der Waals surface area contributed by atoms with E-state index < -0.39 is 5.82 Å². The maximum atomic E-state index is 13.4. The van der Waals surface area contributed by atoms with Crippen LogP contribution >= 0.6 is 0 Å². The lowest BCUT2D eigenvalue weighted by Gasteiger charge is -2.07. The number of benzene rings is 1. The van der Waals surface area contributed by atoms with Crippen LogP contribution in [0, 0.1) is 17.1 Å². The molecule has 5 heteroatoms. The van der Waals surface area contributed by atoms with E-state index in [0.717, 1.165) is 5.56 Å². The zero-order valence-electron chi connectivity index (χ0n) is 10.9. The second kappa shape index (κ2) is 5.53. The van der Waals surface area contributed by atoms with Gasteiger partial charge in [-0.05, 0) is 26.0 Å². The van der Waals surface area contributed by atoms with Crippen LogP contribution < -0.4 is 5.32 Å². The fraction of sp³-hybridized carbons (Fsp3) is 0.286. The Kier molecular flexibility index (Phi) is 3.81. The van der Waals surface area contributed by atoms with E-state index in [9.17, 15) is 4.39 Å². The third-order valence-electron chi connectivity index (χ3n) is 2.79. The molecule has 1 aromatic heterocycles. The summed E-state index contributed by atoms with van der Waals surface area (Å²) in [5, 5.41) is 16.2. The second-order valence-electron chi connectivity index (χ2n) is 4.55. The van der Waals surface area contributed by atoms with Crippen LogP contribution in [0.5, 0.6) is 0 Å². The van der Waals surface area contributed by atoms with E-state index >= 15 is 0 Å². The van der Waals surface area contributed by atoms with Gasteiger partial charge in [-0.3, -0.25) is 4.68 Å². The van der Waals surface area contributed by atoms with E-state index in [1.54, 1.807) is 18.3 Å². The van der Waals surface area contributed by atoms with E-state index in [0.29, 0.717) is 18.3 Å². The van der Waals surface area contributed by atoms with Crippen LogP contribution in [0.1, 0.15) is 31.0 Å². The molecule has 0 saturated carbocycles. The summed E-state index contributed by atoms with van der Waals surface area (Å²) < 4.78 is 15.3. The first-order valence-corrected chi connectivity index (χ1v) is 6.07. The normalized spacial score (nSPS) is 10.5. The number of aromatic nitrogens is 2. The Morgan fingerprint density at radius 3 is 2.89 bits per heavy atom. The van der Waals surface area contributed by atoms with Gasteiger partial charge in [-0.15, -0.1) is 0 Å². The van der Waals surface area contributed by atoms with E-state index in [1.165, 1.54) is 6.07 Å². The van der Waals surface area contributed by atoms with Gasteiger partial charge in [0.1, 0.15) is 17.4 Å². The Hall–Kier alpha value is -2.35. The lowest BCUT2D eigenvalue weighted by atomic mass is 10.2. The van der Waals surface area contributed by atoms with Gasteiger partial charge in [0, 0.05) is 24.3 Å². The molecule has 0 fully saturated rings. The number of nitriles is 1. The molecule has 1 heterocycles.